The number of aliphatic imine (C=N–C) groups is 1. The highest BCUT2D eigenvalue weighted by molar-refractivity contribution is 5.79. The van der Waals surface area contributed by atoms with Crippen molar-refractivity contribution in [3.05, 3.63) is 0 Å². The van der Waals surface area contributed by atoms with Crippen LogP contribution in [-0.4, -0.2) is 87.5 Å². The summed E-state index contributed by atoms with van der Waals surface area (Å²) < 4.78 is 11.9. The van der Waals surface area contributed by atoms with Crippen molar-refractivity contribution >= 4 is 5.96 Å². The minimum Gasteiger partial charge on any atom is -0.376 e. The Morgan fingerprint density at radius 3 is 2.50 bits per heavy atom. The zero-order valence-corrected chi connectivity index (χ0v) is 18.2. The van der Waals surface area contributed by atoms with E-state index in [-0.39, 0.29) is 0 Å². The van der Waals surface area contributed by atoms with E-state index in [1.54, 1.807) is 0 Å². The lowest BCUT2D eigenvalue weighted by atomic mass is 9.93. The number of nitrogens with zero attached hydrogens (tertiary/aromatic N) is 3. The van der Waals surface area contributed by atoms with Crippen molar-refractivity contribution in [1.29, 1.82) is 0 Å². The number of guanidine groups is 1. The van der Waals surface area contributed by atoms with Crippen molar-refractivity contribution in [2.45, 2.75) is 70.5 Å². The van der Waals surface area contributed by atoms with Gasteiger partial charge in [0, 0.05) is 33.3 Å². The molecule has 0 aliphatic carbocycles. The molecule has 3 saturated heterocycles. The van der Waals surface area contributed by atoms with Gasteiger partial charge >= 0.3 is 0 Å². The number of hydrogen-bond donors (Lipinski definition) is 1. The molecule has 0 amide bonds. The van der Waals surface area contributed by atoms with Gasteiger partial charge in [0.25, 0.3) is 0 Å². The van der Waals surface area contributed by atoms with Crippen LogP contribution in [0, 0.1) is 5.92 Å². The van der Waals surface area contributed by atoms with Crippen LogP contribution in [0.3, 0.4) is 0 Å². The summed E-state index contributed by atoms with van der Waals surface area (Å²) in [7, 11) is 1.91. The van der Waals surface area contributed by atoms with Gasteiger partial charge in [-0.25, -0.2) is 0 Å². The second-order valence-corrected chi connectivity index (χ2v) is 8.65. The highest BCUT2D eigenvalue weighted by Crippen LogP contribution is 2.20. The number of piperidine rings is 2. The zero-order chi connectivity index (χ0) is 19.6. The molecule has 0 saturated carbocycles. The van der Waals surface area contributed by atoms with Crippen LogP contribution in [0.2, 0.25) is 0 Å². The van der Waals surface area contributed by atoms with Crippen molar-refractivity contribution in [3.8, 4) is 0 Å². The fourth-order valence-electron chi connectivity index (χ4n) is 4.73. The molecular weight excluding hydrogens is 352 g/mol. The van der Waals surface area contributed by atoms with Crippen molar-refractivity contribution in [1.82, 2.24) is 15.1 Å². The van der Waals surface area contributed by atoms with Gasteiger partial charge in [-0.05, 0) is 76.9 Å². The summed E-state index contributed by atoms with van der Waals surface area (Å²) in [5.74, 6) is 1.94. The predicted molar refractivity (Wildman–Crippen MR) is 115 cm³/mol. The molecule has 28 heavy (non-hydrogen) atoms. The number of rotatable bonds is 7. The van der Waals surface area contributed by atoms with Crippen LogP contribution < -0.4 is 5.32 Å². The molecule has 3 heterocycles. The Morgan fingerprint density at radius 2 is 1.86 bits per heavy atom. The van der Waals surface area contributed by atoms with Crippen LogP contribution in [0.5, 0.6) is 0 Å². The lowest BCUT2D eigenvalue weighted by molar-refractivity contribution is -0.0721. The third kappa shape index (κ3) is 6.89. The molecule has 162 valence electrons. The Bertz CT molecular complexity index is 451. The molecule has 1 N–H and O–H groups in total. The van der Waals surface area contributed by atoms with Crippen LogP contribution in [0.4, 0.5) is 0 Å². The van der Waals surface area contributed by atoms with Crippen LogP contribution in [0.15, 0.2) is 4.99 Å². The van der Waals surface area contributed by atoms with E-state index < -0.39 is 0 Å². The van der Waals surface area contributed by atoms with Gasteiger partial charge in [-0.1, -0.05) is 6.92 Å². The molecule has 3 aliphatic rings. The summed E-state index contributed by atoms with van der Waals surface area (Å²) in [6.07, 6.45) is 10.5. The molecular formula is C22H42N4O2. The maximum atomic E-state index is 6.15. The smallest absolute Gasteiger partial charge is 0.193 e. The number of nitrogens with one attached hydrogen (secondary N) is 1. The van der Waals surface area contributed by atoms with Crippen molar-refractivity contribution in [3.63, 3.8) is 0 Å². The van der Waals surface area contributed by atoms with E-state index in [9.17, 15) is 0 Å². The molecule has 0 aromatic rings. The standard InChI is InChI=1S/C22H42N4O2/c1-3-25-13-8-19(9-14-25)7-12-24-22(23-2)26-15-10-20(11-16-26)28-18-21-6-4-5-17-27-21/h19-21H,3-18H2,1-2H3,(H,23,24). The summed E-state index contributed by atoms with van der Waals surface area (Å²) >= 11 is 0. The number of ether oxygens (including phenoxy) is 2. The molecule has 6 nitrogen and oxygen atoms in total. The highest BCUT2D eigenvalue weighted by atomic mass is 16.5. The van der Waals surface area contributed by atoms with Crippen LogP contribution in [0.1, 0.15) is 58.3 Å². The second kappa shape index (κ2) is 12.0. The molecule has 3 aliphatic heterocycles. The lowest BCUT2D eigenvalue weighted by Crippen LogP contribution is -2.47. The van der Waals surface area contributed by atoms with Gasteiger partial charge in [0.2, 0.25) is 0 Å². The normalized spacial score (nSPS) is 26.6. The van der Waals surface area contributed by atoms with E-state index in [1.165, 1.54) is 51.7 Å². The monoisotopic (exact) mass is 394 g/mol. The molecule has 0 aromatic heterocycles. The fourth-order valence-corrected chi connectivity index (χ4v) is 4.73. The Kier molecular flexibility index (Phi) is 9.35. The minimum atomic E-state index is 0.324. The molecule has 0 spiro atoms. The third-order valence-corrected chi connectivity index (χ3v) is 6.74. The quantitative estimate of drug-likeness (QED) is 0.531. The summed E-state index contributed by atoms with van der Waals surface area (Å²) in [6, 6.07) is 0. The van der Waals surface area contributed by atoms with Crippen molar-refractivity contribution in [2.75, 3.05) is 59.5 Å². The van der Waals surface area contributed by atoms with Crippen LogP contribution in [0.25, 0.3) is 0 Å². The maximum Gasteiger partial charge on any atom is 0.193 e. The minimum absolute atomic E-state index is 0.324. The molecule has 3 fully saturated rings. The van der Waals surface area contributed by atoms with E-state index in [4.69, 9.17) is 9.47 Å². The van der Waals surface area contributed by atoms with Crippen molar-refractivity contribution in [2.24, 2.45) is 10.9 Å². The summed E-state index contributed by atoms with van der Waals surface area (Å²) in [5.41, 5.74) is 0. The van der Waals surface area contributed by atoms with Gasteiger partial charge in [0.1, 0.15) is 0 Å². The molecule has 0 radical (unpaired) electrons. The Balaban J connectivity index is 1.29. The molecule has 0 bridgehead atoms. The third-order valence-electron chi connectivity index (χ3n) is 6.74. The summed E-state index contributed by atoms with van der Waals surface area (Å²) in [4.78, 5) is 9.49. The van der Waals surface area contributed by atoms with E-state index in [0.29, 0.717) is 12.2 Å². The Morgan fingerprint density at radius 1 is 1.07 bits per heavy atom. The zero-order valence-electron chi connectivity index (χ0n) is 18.2. The molecule has 0 aromatic carbocycles. The molecule has 3 rings (SSSR count). The van der Waals surface area contributed by atoms with Gasteiger partial charge in [0.05, 0.1) is 18.8 Å². The van der Waals surface area contributed by atoms with Crippen LogP contribution >= 0.6 is 0 Å². The van der Waals surface area contributed by atoms with Gasteiger partial charge < -0.3 is 24.6 Å². The average molecular weight is 395 g/mol. The summed E-state index contributed by atoms with van der Waals surface area (Å²) in [5, 5.41) is 3.61. The second-order valence-electron chi connectivity index (χ2n) is 8.65. The predicted octanol–water partition coefficient (Wildman–Crippen LogP) is 2.73. The highest BCUT2D eigenvalue weighted by Gasteiger charge is 2.24. The van der Waals surface area contributed by atoms with E-state index in [1.807, 2.05) is 7.05 Å². The van der Waals surface area contributed by atoms with E-state index in [2.05, 4.69) is 27.0 Å². The number of likely N-dealkylation sites (tertiary alicyclic amines) is 2. The number of hydrogen-bond acceptors (Lipinski definition) is 4. The maximum absolute atomic E-state index is 6.15. The van der Waals surface area contributed by atoms with Crippen LogP contribution in [-0.2, 0) is 9.47 Å². The lowest BCUT2D eigenvalue weighted by Gasteiger charge is -2.35. The Hall–Kier alpha value is -0.850. The topological polar surface area (TPSA) is 49.3 Å². The van der Waals surface area contributed by atoms with Gasteiger partial charge in [0.15, 0.2) is 5.96 Å². The first-order chi connectivity index (χ1) is 13.8. The first kappa shape index (κ1) is 21.8. The fraction of sp³-hybridized carbons (Fsp3) is 0.955. The molecule has 1 atom stereocenters. The molecule has 6 heteroatoms. The van der Waals surface area contributed by atoms with Gasteiger partial charge in [-0.2, -0.15) is 0 Å². The SMILES string of the molecule is CCN1CCC(CCNC(=NC)N2CCC(OCC3CCCCO3)CC2)CC1. The molecule has 1 unspecified atom stereocenters. The first-order valence-corrected chi connectivity index (χ1v) is 11.7. The van der Waals surface area contributed by atoms with E-state index >= 15 is 0 Å². The van der Waals surface area contributed by atoms with Gasteiger partial charge in [-0.15, -0.1) is 0 Å². The average Bonchev–Trinajstić information content (AvgIpc) is 2.77. The van der Waals surface area contributed by atoms with E-state index in [0.717, 1.165) is 64.0 Å². The summed E-state index contributed by atoms with van der Waals surface area (Å²) in [6.45, 7) is 10.8. The van der Waals surface area contributed by atoms with Crippen molar-refractivity contribution < 1.29 is 9.47 Å². The Labute approximate surface area is 172 Å². The first-order valence-electron chi connectivity index (χ1n) is 11.7. The largest absolute Gasteiger partial charge is 0.376 e. The van der Waals surface area contributed by atoms with Gasteiger partial charge in [-0.3, -0.25) is 4.99 Å².